The van der Waals surface area contributed by atoms with Crippen LogP contribution < -0.4 is 19.5 Å². The smallest absolute Gasteiger partial charge is 0.253 e. The molecule has 2 heterocycles. The number of carbonyl (C=O) groups excluding carboxylic acids is 3. The maximum Gasteiger partial charge on any atom is 0.253 e. The summed E-state index contributed by atoms with van der Waals surface area (Å²) in [6.45, 7) is 1.81. The zero-order valence-electron chi connectivity index (χ0n) is 20.1. The minimum atomic E-state index is -0.129. The number of methoxy groups -OCH3 is 3. The number of hydrogen-bond donors (Lipinski definition) is 1. The maximum atomic E-state index is 13.0. The molecule has 2 aliphatic heterocycles. The lowest BCUT2D eigenvalue weighted by molar-refractivity contribution is -0.127. The molecule has 0 spiro atoms. The van der Waals surface area contributed by atoms with Crippen molar-refractivity contribution in [2.75, 3.05) is 52.8 Å². The highest BCUT2D eigenvalue weighted by Crippen LogP contribution is 2.38. The van der Waals surface area contributed by atoms with E-state index >= 15 is 0 Å². The predicted molar refractivity (Wildman–Crippen MR) is 131 cm³/mol. The highest BCUT2D eigenvalue weighted by molar-refractivity contribution is 5.98. The maximum absolute atomic E-state index is 13.0. The third-order valence-corrected chi connectivity index (χ3v) is 6.23. The fourth-order valence-electron chi connectivity index (χ4n) is 4.30. The van der Waals surface area contributed by atoms with E-state index in [0.717, 1.165) is 16.8 Å². The van der Waals surface area contributed by atoms with Crippen molar-refractivity contribution in [1.29, 1.82) is 0 Å². The Balaban J connectivity index is 1.36. The Morgan fingerprint density at radius 3 is 2.17 bits per heavy atom. The van der Waals surface area contributed by atoms with Crippen molar-refractivity contribution in [3.63, 3.8) is 0 Å². The molecule has 2 aliphatic rings. The second-order valence-corrected chi connectivity index (χ2v) is 8.33. The van der Waals surface area contributed by atoms with Gasteiger partial charge in [-0.2, -0.15) is 0 Å². The van der Waals surface area contributed by atoms with E-state index in [1.54, 1.807) is 54.4 Å². The molecule has 184 valence electrons. The molecule has 0 aliphatic carbocycles. The van der Waals surface area contributed by atoms with Gasteiger partial charge in [-0.25, -0.2) is 0 Å². The highest BCUT2D eigenvalue weighted by Gasteiger charge is 2.25. The average Bonchev–Trinajstić information content (AvgIpc) is 2.90. The topological polar surface area (TPSA) is 97.4 Å². The SMILES string of the molecule is COc1cc(C=CC(=O)N2CCN(C(=O)c3ccc4c(c3)CCC(=O)N4)CC2)cc(OC)c1OC. The molecule has 2 aromatic carbocycles. The van der Waals surface area contributed by atoms with Crippen molar-refractivity contribution >= 4 is 29.5 Å². The van der Waals surface area contributed by atoms with Crippen molar-refractivity contribution < 1.29 is 28.6 Å². The van der Waals surface area contributed by atoms with E-state index in [2.05, 4.69) is 5.32 Å². The van der Waals surface area contributed by atoms with Gasteiger partial charge in [0.2, 0.25) is 17.6 Å². The third kappa shape index (κ3) is 5.24. The number of hydrogen-bond acceptors (Lipinski definition) is 6. The van der Waals surface area contributed by atoms with Gasteiger partial charge < -0.3 is 29.3 Å². The van der Waals surface area contributed by atoms with E-state index in [1.807, 2.05) is 6.07 Å². The van der Waals surface area contributed by atoms with Crippen LogP contribution in [0.15, 0.2) is 36.4 Å². The van der Waals surface area contributed by atoms with Crippen molar-refractivity contribution in [3.05, 3.63) is 53.1 Å². The van der Waals surface area contributed by atoms with E-state index in [-0.39, 0.29) is 17.7 Å². The first-order valence-corrected chi connectivity index (χ1v) is 11.4. The molecule has 0 saturated carbocycles. The highest BCUT2D eigenvalue weighted by atomic mass is 16.5. The quantitative estimate of drug-likeness (QED) is 0.640. The molecule has 1 N–H and O–H groups in total. The summed E-state index contributed by atoms with van der Waals surface area (Å²) in [7, 11) is 4.62. The average molecular weight is 480 g/mol. The van der Waals surface area contributed by atoms with Crippen LogP contribution in [-0.2, 0) is 16.0 Å². The lowest BCUT2D eigenvalue weighted by Crippen LogP contribution is -2.50. The lowest BCUT2D eigenvalue weighted by atomic mass is 10.00. The van der Waals surface area contributed by atoms with Crippen molar-refractivity contribution in [2.45, 2.75) is 12.8 Å². The molecule has 0 bridgehead atoms. The number of nitrogens with one attached hydrogen (secondary N) is 1. The van der Waals surface area contributed by atoms with Crippen molar-refractivity contribution in [1.82, 2.24) is 9.80 Å². The molecule has 3 amide bonds. The van der Waals surface area contributed by atoms with Gasteiger partial charge in [0.1, 0.15) is 0 Å². The van der Waals surface area contributed by atoms with Gasteiger partial charge >= 0.3 is 0 Å². The van der Waals surface area contributed by atoms with Gasteiger partial charge in [0.05, 0.1) is 21.3 Å². The molecule has 0 aromatic heterocycles. The largest absolute Gasteiger partial charge is 0.493 e. The second-order valence-electron chi connectivity index (χ2n) is 8.33. The fourth-order valence-corrected chi connectivity index (χ4v) is 4.30. The van der Waals surface area contributed by atoms with E-state index in [9.17, 15) is 14.4 Å². The Morgan fingerprint density at radius 2 is 1.54 bits per heavy atom. The molecule has 0 radical (unpaired) electrons. The van der Waals surface area contributed by atoms with Crippen LogP contribution in [0.1, 0.15) is 27.9 Å². The summed E-state index contributed by atoms with van der Waals surface area (Å²) in [5.41, 5.74) is 3.08. The summed E-state index contributed by atoms with van der Waals surface area (Å²) < 4.78 is 16.0. The Hall–Kier alpha value is -4.01. The molecule has 9 nitrogen and oxygen atoms in total. The fraction of sp³-hybridized carbons (Fsp3) is 0.346. The summed E-state index contributed by atoms with van der Waals surface area (Å²) in [5.74, 6) is 1.31. The van der Waals surface area contributed by atoms with Crippen molar-refractivity contribution in [2.24, 2.45) is 0 Å². The Morgan fingerprint density at radius 1 is 0.886 bits per heavy atom. The molecular weight excluding hydrogens is 450 g/mol. The van der Waals surface area contributed by atoms with Gasteiger partial charge in [-0.15, -0.1) is 0 Å². The standard InChI is InChI=1S/C26H29N3O6/c1-33-21-14-17(15-22(34-2)25(21)35-3)4-9-24(31)28-10-12-29(13-11-28)26(32)19-5-7-20-18(16-19)6-8-23(30)27-20/h4-5,7,9,14-16H,6,8,10-13H2,1-3H3,(H,27,30). The second kappa shape index (κ2) is 10.5. The molecular formula is C26H29N3O6. The molecule has 1 saturated heterocycles. The van der Waals surface area contributed by atoms with Gasteiger partial charge in [-0.3, -0.25) is 14.4 Å². The summed E-state index contributed by atoms with van der Waals surface area (Å²) in [4.78, 5) is 40.8. The Labute approximate surface area is 204 Å². The first-order chi connectivity index (χ1) is 16.9. The molecule has 4 rings (SSSR count). The molecule has 1 fully saturated rings. The van der Waals surface area contributed by atoms with Crippen LogP contribution in [0.3, 0.4) is 0 Å². The zero-order chi connectivity index (χ0) is 24.9. The zero-order valence-corrected chi connectivity index (χ0v) is 20.1. The van der Waals surface area contributed by atoms with Gasteiger partial charge in [-0.1, -0.05) is 0 Å². The molecule has 0 unspecified atom stereocenters. The van der Waals surface area contributed by atoms with Crippen LogP contribution in [0.2, 0.25) is 0 Å². The van der Waals surface area contributed by atoms with Gasteiger partial charge in [0, 0.05) is 49.9 Å². The third-order valence-electron chi connectivity index (χ3n) is 6.23. The summed E-state index contributed by atoms with van der Waals surface area (Å²) in [6, 6.07) is 8.92. The van der Waals surface area contributed by atoms with E-state index in [1.165, 1.54) is 13.2 Å². The van der Waals surface area contributed by atoms with Gasteiger partial charge in [0.25, 0.3) is 5.91 Å². The summed E-state index contributed by atoms with van der Waals surface area (Å²) >= 11 is 0. The number of amides is 3. The lowest BCUT2D eigenvalue weighted by Gasteiger charge is -2.34. The molecule has 2 aromatic rings. The molecule has 35 heavy (non-hydrogen) atoms. The summed E-state index contributed by atoms with van der Waals surface area (Å²) in [5, 5.41) is 2.83. The van der Waals surface area contributed by atoms with Crippen LogP contribution >= 0.6 is 0 Å². The van der Waals surface area contributed by atoms with Crippen LogP contribution in [0.4, 0.5) is 5.69 Å². The number of rotatable bonds is 6. The van der Waals surface area contributed by atoms with Crippen LogP contribution in [-0.4, -0.2) is 75.0 Å². The number of benzene rings is 2. The van der Waals surface area contributed by atoms with E-state index in [4.69, 9.17) is 14.2 Å². The van der Waals surface area contributed by atoms with Gasteiger partial charge in [0.15, 0.2) is 11.5 Å². The first-order valence-electron chi connectivity index (χ1n) is 11.4. The Bertz CT molecular complexity index is 1140. The summed E-state index contributed by atoms with van der Waals surface area (Å²) in [6.07, 6.45) is 4.27. The minimum absolute atomic E-state index is 0.00307. The Kier molecular flexibility index (Phi) is 7.24. The number of nitrogens with zero attached hydrogens (tertiary/aromatic N) is 2. The predicted octanol–water partition coefficient (Wildman–Crippen LogP) is 2.59. The molecule has 9 heteroatoms. The number of aryl methyl sites for hydroxylation is 1. The monoisotopic (exact) mass is 479 g/mol. The molecule has 0 atom stereocenters. The normalized spacial score (nSPS) is 15.5. The number of fused-ring (bicyclic) bond motifs is 1. The van der Waals surface area contributed by atoms with Crippen molar-refractivity contribution in [3.8, 4) is 17.2 Å². The van der Waals surface area contributed by atoms with E-state index in [0.29, 0.717) is 61.8 Å². The minimum Gasteiger partial charge on any atom is -0.493 e. The van der Waals surface area contributed by atoms with Crippen LogP contribution in [0.5, 0.6) is 17.2 Å². The number of ether oxygens (including phenoxy) is 3. The first kappa shape index (κ1) is 24.1. The van der Waals surface area contributed by atoms with Gasteiger partial charge in [-0.05, 0) is 54.0 Å². The van der Waals surface area contributed by atoms with Crippen LogP contribution in [0.25, 0.3) is 6.08 Å². The number of piperazine rings is 1. The number of carbonyl (C=O) groups is 3. The van der Waals surface area contributed by atoms with Crippen LogP contribution in [0, 0.1) is 0 Å². The number of anilines is 1. The van der Waals surface area contributed by atoms with E-state index < -0.39 is 0 Å².